The lowest BCUT2D eigenvalue weighted by Gasteiger charge is -2.36. The van der Waals surface area contributed by atoms with Gasteiger partial charge in [-0.15, -0.1) is 0 Å². The number of carbonyl (C=O) groups excluding carboxylic acids is 3. The van der Waals surface area contributed by atoms with Crippen LogP contribution in [0.1, 0.15) is 44.9 Å². The molecule has 41 heavy (non-hydrogen) atoms. The number of nitrogens with one attached hydrogen (secondary N) is 1. The Kier molecular flexibility index (Phi) is 9.34. The molecule has 3 atom stereocenters. The van der Waals surface area contributed by atoms with Crippen molar-refractivity contribution in [3.05, 3.63) is 95.1 Å². The van der Waals surface area contributed by atoms with Gasteiger partial charge in [-0.3, -0.25) is 14.4 Å². The summed E-state index contributed by atoms with van der Waals surface area (Å²) in [6.45, 7) is 4.13. The standard InChI is InChI=1S/C31H33F2N3O5/c1-19-16-36(31(39)23-10-6-8-12-26(23)33)20(2)18-41-27-14-13-21(34-29(37)22-9-5-7-11-25(22)32)15-24(27)30(38)35(3)17-28(19)40-4/h5-15,19-20,28H,16-18H2,1-4H3,(H,34,37)/t19-,20+,28-/m1/s1. The molecule has 0 fully saturated rings. The van der Waals surface area contributed by atoms with Gasteiger partial charge in [-0.1, -0.05) is 31.2 Å². The monoisotopic (exact) mass is 565 g/mol. The van der Waals surface area contributed by atoms with Gasteiger partial charge in [-0.25, -0.2) is 8.78 Å². The smallest absolute Gasteiger partial charge is 0.258 e. The SMILES string of the molecule is CO[C@@H]1CN(C)C(=O)c2cc(NC(=O)c3ccccc3F)ccc2OC[C@H](C)N(C(=O)c2ccccc2F)C[C@H]1C. The number of halogens is 2. The minimum Gasteiger partial charge on any atom is -0.491 e. The summed E-state index contributed by atoms with van der Waals surface area (Å²) in [5.41, 5.74) is 0.262. The highest BCUT2D eigenvalue weighted by molar-refractivity contribution is 6.05. The van der Waals surface area contributed by atoms with Crippen LogP contribution >= 0.6 is 0 Å². The molecule has 1 heterocycles. The molecule has 0 saturated carbocycles. The largest absolute Gasteiger partial charge is 0.491 e. The molecule has 0 aliphatic carbocycles. The zero-order valence-corrected chi connectivity index (χ0v) is 23.4. The van der Waals surface area contributed by atoms with Crippen molar-refractivity contribution in [2.24, 2.45) is 5.92 Å². The second kappa shape index (κ2) is 12.9. The van der Waals surface area contributed by atoms with Crippen molar-refractivity contribution in [2.75, 3.05) is 39.2 Å². The Labute approximate surface area is 237 Å². The van der Waals surface area contributed by atoms with Crippen molar-refractivity contribution in [2.45, 2.75) is 26.0 Å². The van der Waals surface area contributed by atoms with Crippen LogP contribution in [0.15, 0.2) is 66.7 Å². The van der Waals surface area contributed by atoms with Crippen LogP contribution in [0.5, 0.6) is 5.75 Å². The van der Waals surface area contributed by atoms with Crippen LogP contribution in [0.3, 0.4) is 0 Å². The number of amides is 3. The highest BCUT2D eigenvalue weighted by Gasteiger charge is 2.31. The molecule has 1 N–H and O–H groups in total. The molecule has 1 aliphatic heterocycles. The molecule has 1 aliphatic rings. The van der Waals surface area contributed by atoms with Gasteiger partial charge in [-0.05, 0) is 49.4 Å². The number of benzene rings is 3. The molecule has 3 amide bonds. The number of rotatable bonds is 4. The summed E-state index contributed by atoms with van der Waals surface area (Å²) in [5.74, 6) is -2.79. The fourth-order valence-electron chi connectivity index (χ4n) is 4.77. The maximum atomic E-state index is 14.6. The molecule has 10 heteroatoms. The Morgan fingerprint density at radius 2 is 1.59 bits per heavy atom. The molecule has 3 aromatic carbocycles. The Bertz CT molecular complexity index is 1430. The predicted molar refractivity (Wildman–Crippen MR) is 150 cm³/mol. The number of carbonyl (C=O) groups is 3. The molecule has 0 spiro atoms. The first-order chi connectivity index (χ1) is 19.6. The molecule has 0 bridgehead atoms. The van der Waals surface area contributed by atoms with Crippen LogP contribution in [0, 0.1) is 17.6 Å². The molecule has 0 saturated heterocycles. The van der Waals surface area contributed by atoms with E-state index in [0.717, 1.165) is 0 Å². The summed E-state index contributed by atoms with van der Waals surface area (Å²) in [7, 11) is 3.15. The number of hydrogen-bond acceptors (Lipinski definition) is 5. The first-order valence-corrected chi connectivity index (χ1v) is 13.3. The van der Waals surface area contributed by atoms with Crippen LogP contribution in [0.4, 0.5) is 14.5 Å². The van der Waals surface area contributed by atoms with Gasteiger partial charge in [0.2, 0.25) is 0 Å². The highest BCUT2D eigenvalue weighted by atomic mass is 19.1. The normalized spacial score (nSPS) is 19.9. The lowest BCUT2D eigenvalue weighted by atomic mass is 10.0. The molecule has 8 nitrogen and oxygen atoms in total. The van der Waals surface area contributed by atoms with Crippen LogP contribution in [-0.2, 0) is 4.74 Å². The van der Waals surface area contributed by atoms with Gasteiger partial charge < -0.3 is 24.6 Å². The maximum absolute atomic E-state index is 14.6. The number of nitrogens with zero attached hydrogens (tertiary/aromatic N) is 2. The van der Waals surface area contributed by atoms with Crippen molar-refractivity contribution in [3.8, 4) is 5.75 Å². The van der Waals surface area contributed by atoms with Gasteiger partial charge >= 0.3 is 0 Å². The fraction of sp³-hybridized carbons (Fsp3) is 0.323. The van der Waals surface area contributed by atoms with Gasteiger partial charge in [-0.2, -0.15) is 0 Å². The van der Waals surface area contributed by atoms with Gasteiger partial charge in [0, 0.05) is 38.9 Å². The van der Waals surface area contributed by atoms with E-state index in [9.17, 15) is 23.2 Å². The third-order valence-electron chi connectivity index (χ3n) is 7.19. The van der Waals surface area contributed by atoms with E-state index in [0.29, 0.717) is 0 Å². The molecule has 3 aromatic rings. The van der Waals surface area contributed by atoms with Crippen LogP contribution in [0.2, 0.25) is 0 Å². The van der Waals surface area contributed by atoms with Crippen molar-refractivity contribution in [3.63, 3.8) is 0 Å². The lowest BCUT2D eigenvalue weighted by molar-refractivity contribution is 0.0110. The van der Waals surface area contributed by atoms with E-state index in [-0.39, 0.29) is 59.6 Å². The third-order valence-corrected chi connectivity index (χ3v) is 7.19. The van der Waals surface area contributed by atoms with Crippen LogP contribution in [0.25, 0.3) is 0 Å². The van der Waals surface area contributed by atoms with Crippen molar-refractivity contribution < 1.29 is 32.6 Å². The minimum atomic E-state index is -0.668. The Balaban J connectivity index is 1.67. The molecular weight excluding hydrogens is 532 g/mol. The van der Waals surface area contributed by atoms with Crippen LogP contribution < -0.4 is 10.1 Å². The highest BCUT2D eigenvalue weighted by Crippen LogP contribution is 2.27. The van der Waals surface area contributed by atoms with E-state index < -0.39 is 35.6 Å². The number of fused-ring (bicyclic) bond motifs is 1. The summed E-state index contributed by atoms with van der Waals surface area (Å²) in [6.07, 6.45) is -0.445. The summed E-state index contributed by atoms with van der Waals surface area (Å²) in [5, 5.41) is 2.63. The summed E-state index contributed by atoms with van der Waals surface area (Å²) < 4.78 is 40.5. The number of anilines is 1. The number of hydrogen-bond donors (Lipinski definition) is 1. The molecule has 0 radical (unpaired) electrons. The first kappa shape index (κ1) is 29.7. The van der Waals surface area contributed by atoms with Gasteiger partial charge in [0.15, 0.2) is 0 Å². The third kappa shape index (κ3) is 6.71. The molecule has 0 unspecified atom stereocenters. The van der Waals surface area contributed by atoms with Gasteiger partial charge in [0.05, 0.1) is 28.8 Å². The zero-order chi connectivity index (χ0) is 29.7. The van der Waals surface area contributed by atoms with Crippen molar-refractivity contribution >= 4 is 23.4 Å². The lowest BCUT2D eigenvalue weighted by Crippen LogP contribution is -2.48. The van der Waals surface area contributed by atoms with Gasteiger partial charge in [0.25, 0.3) is 17.7 Å². The molecule has 4 rings (SSSR count). The van der Waals surface area contributed by atoms with Gasteiger partial charge in [0.1, 0.15) is 24.0 Å². The van der Waals surface area contributed by atoms with Crippen LogP contribution in [-0.4, -0.2) is 73.5 Å². The summed E-state index contributed by atoms with van der Waals surface area (Å²) in [4.78, 5) is 42.8. The molecule has 216 valence electrons. The minimum absolute atomic E-state index is 0.00941. The van der Waals surface area contributed by atoms with E-state index in [1.54, 1.807) is 37.1 Å². The van der Waals surface area contributed by atoms with E-state index in [4.69, 9.17) is 9.47 Å². The number of methoxy groups -OCH3 is 1. The van der Waals surface area contributed by atoms with Crippen molar-refractivity contribution in [1.82, 2.24) is 9.80 Å². The number of ether oxygens (including phenoxy) is 2. The second-order valence-corrected chi connectivity index (χ2v) is 10.2. The maximum Gasteiger partial charge on any atom is 0.258 e. The summed E-state index contributed by atoms with van der Waals surface area (Å²) in [6, 6.07) is 15.5. The average molecular weight is 566 g/mol. The Morgan fingerprint density at radius 3 is 2.22 bits per heavy atom. The fourth-order valence-corrected chi connectivity index (χ4v) is 4.77. The predicted octanol–water partition coefficient (Wildman–Crippen LogP) is 4.86. The quantitative estimate of drug-likeness (QED) is 0.488. The molecular formula is C31H33F2N3O5. The van der Waals surface area contributed by atoms with E-state index in [1.807, 2.05) is 6.92 Å². The molecule has 0 aromatic heterocycles. The zero-order valence-electron chi connectivity index (χ0n) is 23.4. The van der Waals surface area contributed by atoms with E-state index in [2.05, 4.69) is 5.32 Å². The Morgan fingerprint density at radius 1 is 0.951 bits per heavy atom. The van der Waals surface area contributed by atoms with Crippen molar-refractivity contribution in [1.29, 1.82) is 0 Å². The summed E-state index contributed by atoms with van der Waals surface area (Å²) >= 11 is 0. The Hall–Kier alpha value is -4.31. The topological polar surface area (TPSA) is 88.2 Å². The first-order valence-electron chi connectivity index (χ1n) is 13.3. The second-order valence-electron chi connectivity index (χ2n) is 10.2. The number of likely N-dealkylation sites (N-methyl/N-ethyl adjacent to an activating group) is 1. The van der Waals surface area contributed by atoms with E-state index >= 15 is 0 Å². The van der Waals surface area contributed by atoms with E-state index in [1.165, 1.54) is 60.5 Å². The average Bonchev–Trinajstić information content (AvgIpc) is 2.96.